The van der Waals surface area contributed by atoms with Gasteiger partial charge < -0.3 is 14.4 Å². The first kappa shape index (κ1) is 21.9. The average Bonchev–Trinajstić information content (AvgIpc) is 3.11. The molecule has 7 heteroatoms. The largest absolute Gasteiger partial charge is 0.444 e. The summed E-state index contributed by atoms with van der Waals surface area (Å²) in [5.41, 5.74) is 9.04. The van der Waals surface area contributed by atoms with Crippen molar-refractivity contribution in [2.24, 2.45) is 5.11 Å². The highest BCUT2D eigenvalue weighted by atomic mass is 16.6. The minimum Gasteiger partial charge on any atom is -0.444 e. The van der Waals surface area contributed by atoms with E-state index in [4.69, 9.17) is 15.0 Å². The molecule has 1 aliphatic heterocycles. The van der Waals surface area contributed by atoms with Crippen molar-refractivity contribution in [3.05, 3.63) is 58.5 Å². The second kappa shape index (κ2) is 9.83. The van der Waals surface area contributed by atoms with Gasteiger partial charge in [0.15, 0.2) is 0 Å². The number of carbonyl (C=O) groups is 1. The number of amides is 1. The van der Waals surface area contributed by atoms with Gasteiger partial charge in [-0.1, -0.05) is 41.5 Å². The third-order valence-electron chi connectivity index (χ3n) is 5.16. The van der Waals surface area contributed by atoms with Crippen LogP contribution < -0.4 is 0 Å². The van der Waals surface area contributed by atoms with Crippen molar-refractivity contribution in [1.82, 2.24) is 4.90 Å². The maximum absolute atomic E-state index is 12.7. The van der Waals surface area contributed by atoms with Gasteiger partial charge >= 0.3 is 6.09 Å². The molecule has 1 heterocycles. The standard InChI is InChI=1S/C23H30N4O3/c1-23(2,3)30-22(28)27-15-21(14-20(27)9-6-12-25-26-24)29-16-17-10-11-18-7-4-5-8-19(18)13-17/h4-5,7-8,10-11,13,20-21H,6,9,12,14-16H2,1-3H3/t20-,21-/m1/s1. The Morgan fingerprint density at radius 1 is 1.23 bits per heavy atom. The van der Waals surface area contributed by atoms with Gasteiger partial charge in [-0.25, -0.2) is 4.79 Å². The zero-order valence-corrected chi connectivity index (χ0v) is 18.0. The molecule has 160 valence electrons. The van der Waals surface area contributed by atoms with Crippen molar-refractivity contribution in [2.45, 2.75) is 64.4 Å². The molecule has 7 nitrogen and oxygen atoms in total. The zero-order chi connectivity index (χ0) is 21.6. The molecule has 3 rings (SSSR count). The predicted octanol–water partition coefficient (Wildman–Crippen LogP) is 5.82. The number of carbonyl (C=O) groups excluding carboxylic acids is 1. The second-order valence-corrected chi connectivity index (χ2v) is 8.73. The summed E-state index contributed by atoms with van der Waals surface area (Å²) in [5.74, 6) is 0. The molecule has 0 bridgehead atoms. The van der Waals surface area contributed by atoms with E-state index in [0.717, 1.165) is 24.8 Å². The minimum absolute atomic E-state index is 0.0235. The summed E-state index contributed by atoms with van der Waals surface area (Å²) in [6.45, 7) is 7.04. The molecule has 2 atom stereocenters. The van der Waals surface area contributed by atoms with Gasteiger partial charge in [-0.05, 0) is 68.0 Å². The maximum atomic E-state index is 12.7. The van der Waals surface area contributed by atoms with E-state index in [1.807, 2.05) is 32.9 Å². The predicted molar refractivity (Wildman–Crippen MR) is 117 cm³/mol. The third kappa shape index (κ3) is 6.12. The fourth-order valence-corrected chi connectivity index (χ4v) is 3.80. The van der Waals surface area contributed by atoms with Gasteiger partial charge in [-0.15, -0.1) is 0 Å². The first-order valence-corrected chi connectivity index (χ1v) is 10.5. The molecule has 30 heavy (non-hydrogen) atoms. The first-order valence-electron chi connectivity index (χ1n) is 10.5. The normalized spacial score (nSPS) is 19.0. The highest BCUT2D eigenvalue weighted by Gasteiger charge is 2.37. The summed E-state index contributed by atoms with van der Waals surface area (Å²) in [6, 6.07) is 14.6. The minimum atomic E-state index is -0.545. The summed E-state index contributed by atoms with van der Waals surface area (Å²) in [7, 11) is 0. The van der Waals surface area contributed by atoms with E-state index in [2.05, 4.69) is 40.4 Å². The van der Waals surface area contributed by atoms with Gasteiger partial charge in [0, 0.05) is 17.5 Å². The molecule has 1 saturated heterocycles. The molecule has 2 aromatic rings. The lowest BCUT2D eigenvalue weighted by Gasteiger charge is -2.28. The van der Waals surface area contributed by atoms with E-state index >= 15 is 0 Å². The number of benzene rings is 2. The van der Waals surface area contributed by atoms with Crippen molar-refractivity contribution in [1.29, 1.82) is 0 Å². The van der Waals surface area contributed by atoms with Crippen LogP contribution in [0.4, 0.5) is 4.79 Å². The summed E-state index contributed by atoms with van der Waals surface area (Å²) >= 11 is 0. The van der Waals surface area contributed by atoms with Crippen LogP contribution in [0.5, 0.6) is 0 Å². The lowest BCUT2D eigenvalue weighted by molar-refractivity contribution is 0.0146. The molecule has 0 aliphatic carbocycles. The average molecular weight is 411 g/mol. The molecule has 0 radical (unpaired) electrons. The SMILES string of the molecule is CC(C)(C)OC(=O)N1C[C@H](OCc2ccc3ccccc3c2)C[C@H]1CCCN=[N+]=[N-]. The van der Waals surface area contributed by atoms with Crippen LogP contribution in [0.1, 0.15) is 45.6 Å². The number of nitrogens with zero attached hydrogens (tertiary/aromatic N) is 4. The molecule has 0 spiro atoms. The topological polar surface area (TPSA) is 87.5 Å². The number of likely N-dealkylation sites (tertiary alicyclic amines) is 1. The number of hydrogen-bond donors (Lipinski definition) is 0. The van der Waals surface area contributed by atoms with Crippen LogP contribution in [0.15, 0.2) is 47.6 Å². The molecule has 1 fully saturated rings. The number of hydrogen-bond acceptors (Lipinski definition) is 4. The van der Waals surface area contributed by atoms with Crippen LogP contribution in [0, 0.1) is 0 Å². The van der Waals surface area contributed by atoms with Gasteiger partial charge in [-0.3, -0.25) is 0 Å². The van der Waals surface area contributed by atoms with Gasteiger partial charge in [-0.2, -0.15) is 0 Å². The van der Waals surface area contributed by atoms with E-state index in [-0.39, 0.29) is 18.2 Å². The Kier molecular flexibility index (Phi) is 7.19. The summed E-state index contributed by atoms with van der Waals surface area (Å²) in [4.78, 5) is 17.3. The van der Waals surface area contributed by atoms with E-state index < -0.39 is 5.60 Å². The van der Waals surface area contributed by atoms with Crippen molar-refractivity contribution in [3.8, 4) is 0 Å². The lowest BCUT2D eigenvalue weighted by Crippen LogP contribution is -2.40. The van der Waals surface area contributed by atoms with Crippen LogP contribution in [-0.2, 0) is 16.1 Å². The van der Waals surface area contributed by atoms with Crippen LogP contribution in [0.25, 0.3) is 21.2 Å². The molecular formula is C23H30N4O3. The van der Waals surface area contributed by atoms with Crippen LogP contribution in [0.2, 0.25) is 0 Å². The molecule has 1 aliphatic rings. The fraction of sp³-hybridized carbons (Fsp3) is 0.522. The fourth-order valence-electron chi connectivity index (χ4n) is 3.80. The maximum Gasteiger partial charge on any atom is 0.410 e. The smallest absolute Gasteiger partial charge is 0.410 e. The van der Waals surface area contributed by atoms with Gasteiger partial charge in [0.1, 0.15) is 5.60 Å². The Bertz CT molecular complexity index is 918. The summed E-state index contributed by atoms with van der Waals surface area (Å²) < 4.78 is 11.8. The van der Waals surface area contributed by atoms with Crippen molar-refractivity contribution in [2.75, 3.05) is 13.1 Å². The Labute approximate surface area is 177 Å². The van der Waals surface area contributed by atoms with Crippen molar-refractivity contribution >= 4 is 16.9 Å². The molecule has 1 amide bonds. The van der Waals surface area contributed by atoms with Crippen LogP contribution in [0.3, 0.4) is 0 Å². The molecule has 0 aromatic heterocycles. The van der Waals surface area contributed by atoms with E-state index in [0.29, 0.717) is 19.7 Å². The monoisotopic (exact) mass is 410 g/mol. The zero-order valence-electron chi connectivity index (χ0n) is 18.0. The van der Waals surface area contributed by atoms with Crippen molar-refractivity contribution < 1.29 is 14.3 Å². The van der Waals surface area contributed by atoms with E-state index in [1.54, 1.807) is 4.90 Å². The highest BCUT2D eigenvalue weighted by molar-refractivity contribution is 5.82. The Balaban J connectivity index is 1.62. The molecule has 0 saturated carbocycles. The number of azide groups is 1. The van der Waals surface area contributed by atoms with E-state index in [1.165, 1.54) is 10.8 Å². The summed E-state index contributed by atoms with van der Waals surface area (Å²) in [6.07, 6.45) is 1.88. The molecule has 0 unspecified atom stereocenters. The van der Waals surface area contributed by atoms with Crippen LogP contribution >= 0.6 is 0 Å². The third-order valence-corrected chi connectivity index (χ3v) is 5.16. The van der Waals surface area contributed by atoms with Gasteiger partial charge in [0.2, 0.25) is 0 Å². The Hall–Kier alpha value is -2.76. The quantitative estimate of drug-likeness (QED) is 0.249. The molecular weight excluding hydrogens is 380 g/mol. The van der Waals surface area contributed by atoms with E-state index in [9.17, 15) is 4.79 Å². The Morgan fingerprint density at radius 3 is 2.73 bits per heavy atom. The molecule has 0 N–H and O–H groups in total. The number of ether oxygens (including phenoxy) is 2. The van der Waals surface area contributed by atoms with Crippen molar-refractivity contribution in [3.63, 3.8) is 0 Å². The number of rotatable bonds is 7. The van der Waals surface area contributed by atoms with Gasteiger partial charge in [0.25, 0.3) is 0 Å². The van der Waals surface area contributed by atoms with Gasteiger partial charge in [0.05, 0.1) is 19.3 Å². The van der Waals surface area contributed by atoms with Crippen LogP contribution in [-0.4, -0.2) is 41.8 Å². The first-order chi connectivity index (χ1) is 14.4. The lowest BCUT2D eigenvalue weighted by atomic mass is 10.1. The Morgan fingerprint density at radius 2 is 2.00 bits per heavy atom. The number of fused-ring (bicyclic) bond motifs is 1. The second-order valence-electron chi connectivity index (χ2n) is 8.73. The molecule has 2 aromatic carbocycles. The highest BCUT2D eigenvalue weighted by Crippen LogP contribution is 2.27. The summed E-state index contributed by atoms with van der Waals surface area (Å²) in [5, 5.41) is 5.99.